The van der Waals surface area contributed by atoms with Crippen LogP contribution in [0.3, 0.4) is 0 Å². The van der Waals surface area contributed by atoms with Crippen LogP contribution in [0.4, 0.5) is 0 Å². The van der Waals surface area contributed by atoms with Crippen molar-refractivity contribution >= 4 is 21.8 Å². The number of carbonyl (C=O) groups is 2. The lowest BCUT2D eigenvalue weighted by atomic mass is 9.87. The predicted molar refractivity (Wildman–Crippen MR) is 125 cm³/mol. The molecular formula is C24H34N2O5S. The zero-order chi connectivity index (χ0) is 24.6. The van der Waals surface area contributed by atoms with Crippen molar-refractivity contribution in [3.05, 3.63) is 52.3 Å². The van der Waals surface area contributed by atoms with Crippen molar-refractivity contribution in [3.63, 3.8) is 0 Å². The van der Waals surface area contributed by atoms with E-state index in [1.54, 1.807) is 63.6 Å². The van der Waals surface area contributed by atoms with Crippen molar-refractivity contribution in [2.24, 2.45) is 7.05 Å². The maximum atomic E-state index is 13.4. The second-order valence-electron chi connectivity index (χ2n) is 9.05. The Morgan fingerprint density at radius 3 is 2.12 bits per heavy atom. The summed E-state index contributed by atoms with van der Waals surface area (Å²) in [7, 11) is -0.807. The van der Waals surface area contributed by atoms with Crippen LogP contribution >= 0.6 is 0 Å². The number of ketones is 1. The maximum absolute atomic E-state index is 13.4. The zero-order valence-corrected chi connectivity index (χ0v) is 21.3. The Labute approximate surface area is 191 Å². The molecule has 0 saturated heterocycles. The molecule has 2 aromatic rings. The molecule has 8 heteroatoms. The summed E-state index contributed by atoms with van der Waals surface area (Å²) in [6, 6.07) is 5.77. The van der Waals surface area contributed by atoms with Crippen molar-refractivity contribution in [2.45, 2.75) is 64.8 Å². The quantitative estimate of drug-likeness (QED) is 0.458. The minimum atomic E-state index is -3.89. The third-order valence-electron chi connectivity index (χ3n) is 5.97. The molecule has 0 fully saturated rings. The van der Waals surface area contributed by atoms with Crippen LogP contribution in [-0.2, 0) is 27.2 Å². The summed E-state index contributed by atoms with van der Waals surface area (Å²) in [5.41, 5.74) is 2.63. The van der Waals surface area contributed by atoms with Crippen LogP contribution < -0.4 is 0 Å². The Hall–Kier alpha value is -2.45. The molecule has 1 atom stereocenters. The van der Waals surface area contributed by atoms with E-state index in [1.807, 2.05) is 0 Å². The average Bonchev–Trinajstić information content (AvgIpc) is 2.94. The van der Waals surface area contributed by atoms with Crippen LogP contribution in [0.5, 0.6) is 0 Å². The number of esters is 1. The highest BCUT2D eigenvalue weighted by Crippen LogP contribution is 2.27. The first-order valence-electron chi connectivity index (χ1n) is 10.6. The van der Waals surface area contributed by atoms with Crippen LogP contribution in [0.15, 0.2) is 29.2 Å². The van der Waals surface area contributed by atoms with E-state index < -0.39 is 22.0 Å². The SMILES string of the molecule is CCOC(=O)c1c(C)c(C(=O)C(C)N(C)S(=O)(=O)c2ccc(C(C)(C)C)cc2)c(C)n1C. The van der Waals surface area contributed by atoms with Gasteiger partial charge in [-0.1, -0.05) is 32.9 Å². The number of nitrogens with zero attached hydrogens (tertiary/aromatic N) is 2. The van der Waals surface area contributed by atoms with Gasteiger partial charge in [0.15, 0.2) is 5.78 Å². The molecule has 32 heavy (non-hydrogen) atoms. The van der Waals surface area contributed by atoms with E-state index in [0.717, 1.165) is 9.87 Å². The Morgan fingerprint density at radius 2 is 1.66 bits per heavy atom. The number of hydrogen-bond acceptors (Lipinski definition) is 5. The van der Waals surface area contributed by atoms with Crippen LogP contribution in [0, 0.1) is 13.8 Å². The summed E-state index contributed by atoms with van der Waals surface area (Å²) in [5, 5.41) is 0. The van der Waals surface area contributed by atoms with Crippen molar-refractivity contribution in [1.29, 1.82) is 0 Å². The molecular weight excluding hydrogens is 428 g/mol. The molecule has 176 valence electrons. The maximum Gasteiger partial charge on any atom is 0.355 e. The number of benzene rings is 1. The van der Waals surface area contributed by atoms with Gasteiger partial charge in [0.1, 0.15) is 5.69 Å². The van der Waals surface area contributed by atoms with Crippen molar-refractivity contribution in [3.8, 4) is 0 Å². The number of rotatable bonds is 7. The Morgan fingerprint density at radius 1 is 1.12 bits per heavy atom. The second kappa shape index (κ2) is 9.19. The second-order valence-corrected chi connectivity index (χ2v) is 11.0. The van der Waals surface area contributed by atoms with Crippen molar-refractivity contribution < 1.29 is 22.7 Å². The molecule has 0 aliphatic heterocycles. The van der Waals surface area contributed by atoms with Crippen LogP contribution in [0.25, 0.3) is 0 Å². The molecule has 0 aliphatic carbocycles. The Bertz CT molecular complexity index is 1120. The number of aromatic nitrogens is 1. The predicted octanol–water partition coefficient (Wildman–Crippen LogP) is 4.01. The van der Waals surface area contributed by atoms with Gasteiger partial charge in [-0.3, -0.25) is 4.79 Å². The van der Waals surface area contributed by atoms with Gasteiger partial charge in [0.05, 0.1) is 17.5 Å². The van der Waals surface area contributed by atoms with Gasteiger partial charge < -0.3 is 9.30 Å². The first-order chi connectivity index (χ1) is 14.7. The van der Waals surface area contributed by atoms with Gasteiger partial charge in [0, 0.05) is 25.4 Å². The lowest BCUT2D eigenvalue weighted by Crippen LogP contribution is -2.40. The van der Waals surface area contributed by atoms with E-state index in [2.05, 4.69) is 20.8 Å². The van der Waals surface area contributed by atoms with Gasteiger partial charge in [0.2, 0.25) is 10.0 Å². The summed E-state index contributed by atoms with van der Waals surface area (Å²) >= 11 is 0. The third kappa shape index (κ3) is 4.66. The van der Waals surface area contributed by atoms with E-state index in [1.165, 1.54) is 7.05 Å². The highest BCUT2D eigenvalue weighted by Gasteiger charge is 2.34. The molecule has 0 N–H and O–H groups in total. The highest BCUT2D eigenvalue weighted by molar-refractivity contribution is 7.89. The number of ether oxygens (including phenoxy) is 1. The van der Waals surface area contributed by atoms with E-state index in [0.29, 0.717) is 22.5 Å². The summed E-state index contributed by atoms with van der Waals surface area (Å²) in [4.78, 5) is 25.9. The molecule has 7 nitrogen and oxygen atoms in total. The summed E-state index contributed by atoms with van der Waals surface area (Å²) < 4.78 is 34.2. The molecule has 1 heterocycles. The lowest BCUT2D eigenvalue weighted by Gasteiger charge is -2.24. The van der Waals surface area contributed by atoms with E-state index >= 15 is 0 Å². The average molecular weight is 463 g/mol. The fourth-order valence-electron chi connectivity index (χ4n) is 3.70. The molecule has 2 rings (SSSR count). The Kier molecular flexibility index (Phi) is 7.41. The van der Waals surface area contributed by atoms with Crippen molar-refractivity contribution in [1.82, 2.24) is 8.87 Å². The number of likely N-dealkylation sites (N-methyl/N-ethyl adjacent to an activating group) is 1. The first kappa shape index (κ1) is 25.8. The minimum Gasteiger partial charge on any atom is -0.461 e. The normalized spacial score (nSPS) is 13.3. The van der Waals surface area contributed by atoms with Gasteiger partial charge in [-0.25, -0.2) is 13.2 Å². The third-order valence-corrected chi connectivity index (χ3v) is 7.91. The number of hydrogen-bond donors (Lipinski definition) is 0. The van der Waals surface area contributed by atoms with Gasteiger partial charge in [-0.05, 0) is 56.4 Å². The number of sulfonamides is 1. The minimum absolute atomic E-state index is 0.101. The smallest absolute Gasteiger partial charge is 0.355 e. The highest BCUT2D eigenvalue weighted by atomic mass is 32.2. The molecule has 1 unspecified atom stereocenters. The van der Waals surface area contributed by atoms with Crippen molar-refractivity contribution in [2.75, 3.05) is 13.7 Å². The molecule has 0 radical (unpaired) electrons. The topological polar surface area (TPSA) is 85.7 Å². The van der Waals surface area contributed by atoms with Gasteiger partial charge in [-0.15, -0.1) is 0 Å². The van der Waals surface area contributed by atoms with Gasteiger partial charge in [-0.2, -0.15) is 4.31 Å². The lowest BCUT2D eigenvalue weighted by molar-refractivity contribution is 0.0514. The molecule has 0 amide bonds. The number of carbonyl (C=O) groups excluding carboxylic acids is 2. The van der Waals surface area contributed by atoms with E-state index in [9.17, 15) is 18.0 Å². The van der Waals surface area contributed by atoms with Gasteiger partial charge in [0.25, 0.3) is 0 Å². The first-order valence-corrected chi connectivity index (χ1v) is 12.1. The molecule has 1 aromatic carbocycles. The molecule has 0 saturated carbocycles. The van der Waals surface area contributed by atoms with Gasteiger partial charge >= 0.3 is 5.97 Å². The fourth-order valence-corrected chi connectivity index (χ4v) is 5.03. The fraction of sp³-hybridized carbons (Fsp3) is 0.500. The summed E-state index contributed by atoms with van der Waals surface area (Å²) in [6.07, 6.45) is 0. The summed E-state index contributed by atoms with van der Waals surface area (Å²) in [5.74, 6) is -0.884. The Balaban J connectivity index is 2.41. The largest absolute Gasteiger partial charge is 0.461 e. The summed E-state index contributed by atoms with van der Waals surface area (Å²) in [6.45, 7) is 13.1. The van der Waals surface area contributed by atoms with E-state index in [-0.39, 0.29) is 22.7 Å². The standard InChI is InChI=1S/C24H34N2O5S/c1-10-31-23(28)21-15(2)20(16(3)25(21)8)22(27)17(4)26(9)32(29,30)19-13-11-18(12-14-19)24(5,6)7/h11-14,17H,10H2,1-9H3. The molecule has 0 aliphatic rings. The van der Waals surface area contributed by atoms with E-state index in [4.69, 9.17) is 4.74 Å². The van der Waals surface area contributed by atoms with Crippen LogP contribution in [-0.4, -0.2) is 48.7 Å². The molecule has 0 spiro atoms. The zero-order valence-electron chi connectivity index (χ0n) is 20.4. The molecule has 1 aromatic heterocycles. The monoisotopic (exact) mass is 462 g/mol. The number of Topliss-reactive ketones (excluding diaryl/α,β-unsaturated/α-hetero) is 1. The molecule has 0 bridgehead atoms. The van der Waals surface area contributed by atoms with Crippen LogP contribution in [0.2, 0.25) is 0 Å². The van der Waals surface area contributed by atoms with Crippen LogP contribution in [0.1, 0.15) is 72.3 Å².